The first-order chi connectivity index (χ1) is 12.3. The van der Waals surface area contributed by atoms with E-state index in [2.05, 4.69) is 35.1 Å². The molecule has 3 aromatic rings. The normalized spacial score (nSPS) is 11.9. The number of rotatable bonds is 6. The largest absolute Gasteiger partial charge is 0.278 e. The van der Waals surface area contributed by atoms with E-state index in [4.69, 9.17) is 6.42 Å². The van der Waals surface area contributed by atoms with Crippen LogP contribution in [0.3, 0.4) is 0 Å². The molecule has 0 amide bonds. The molecule has 3 rings (SSSR count). The van der Waals surface area contributed by atoms with Crippen LogP contribution in [0.15, 0.2) is 84.9 Å². The molecule has 1 nitrogen and oxygen atoms in total. The minimum absolute atomic E-state index is 0.221. The molecule has 0 bridgehead atoms. The van der Waals surface area contributed by atoms with Gasteiger partial charge in [-0.05, 0) is 28.8 Å². The van der Waals surface area contributed by atoms with E-state index >= 15 is 0 Å². The summed E-state index contributed by atoms with van der Waals surface area (Å²) < 4.78 is 13.3. The summed E-state index contributed by atoms with van der Waals surface area (Å²) >= 11 is 0. The Morgan fingerprint density at radius 3 is 1.68 bits per heavy atom. The van der Waals surface area contributed by atoms with Crippen LogP contribution in [-0.4, -0.2) is 4.90 Å². The Kier molecular flexibility index (Phi) is 5.61. The Hall–Kier alpha value is -2.89. The molecule has 124 valence electrons. The maximum Gasteiger partial charge on any atom is 0.123 e. The van der Waals surface area contributed by atoms with Gasteiger partial charge in [0, 0.05) is 13.1 Å². The zero-order valence-electron chi connectivity index (χ0n) is 14.0. The fraction of sp³-hybridized carbons (Fsp3) is 0.130. The Morgan fingerprint density at radius 2 is 1.24 bits per heavy atom. The van der Waals surface area contributed by atoms with Crippen molar-refractivity contribution in [3.63, 3.8) is 0 Å². The molecule has 0 aliphatic carbocycles. The van der Waals surface area contributed by atoms with Crippen molar-refractivity contribution in [2.45, 2.75) is 19.1 Å². The van der Waals surface area contributed by atoms with Crippen LogP contribution in [0.1, 0.15) is 22.7 Å². The highest BCUT2D eigenvalue weighted by Gasteiger charge is 2.19. The van der Waals surface area contributed by atoms with Gasteiger partial charge < -0.3 is 0 Å². The van der Waals surface area contributed by atoms with Crippen LogP contribution in [0.25, 0.3) is 0 Å². The Labute approximate surface area is 148 Å². The molecule has 1 atom stereocenters. The summed E-state index contributed by atoms with van der Waals surface area (Å²) in [5.41, 5.74) is 3.32. The van der Waals surface area contributed by atoms with Gasteiger partial charge >= 0.3 is 0 Å². The van der Waals surface area contributed by atoms with E-state index in [1.54, 1.807) is 12.1 Å². The first-order valence-electron chi connectivity index (χ1n) is 8.30. The van der Waals surface area contributed by atoms with Gasteiger partial charge in [0.25, 0.3) is 0 Å². The minimum Gasteiger partial charge on any atom is -0.278 e. The standard InChI is InChI=1S/C23H20FN/c1-2-23(21-13-15-22(24)16-14-21)25(17-19-9-5-3-6-10-19)18-20-11-7-4-8-12-20/h1,3-16,23H,17-18H2. The third-order valence-corrected chi connectivity index (χ3v) is 4.17. The molecule has 0 spiro atoms. The summed E-state index contributed by atoms with van der Waals surface area (Å²) in [6.45, 7) is 1.45. The maximum absolute atomic E-state index is 13.3. The fourth-order valence-electron chi connectivity index (χ4n) is 2.93. The first-order valence-corrected chi connectivity index (χ1v) is 8.30. The fourth-order valence-corrected chi connectivity index (χ4v) is 2.93. The molecule has 0 aliphatic rings. The molecular formula is C23H20FN. The first kappa shape index (κ1) is 17.0. The van der Waals surface area contributed by atoms with Gasteiger partial charge in [-0.15, -0.1) is 6.42 Å². The SMILES string of the molecule is C#CC(c1ccc(F)cc1)N(Cc1ccccc1)Cc1ccccc1. The van der Waals surface area contributed by atoms with Gasteiger partial charge in [0.15, 0.2) is 0 Å². The molecule has 0 N–H and O–H groups in total. The van der Waals surface area contributed by atoms with Crippen LogP contribution in [0.2, 0.25) is 0 Å². The highest BCUT2D eigenvalue weighted by molar-refractivity contribution is 5.28. The van der Waals surface area contributed by atoms with Crippen molar-refractivity contribution in [2.75, 3.05) is 0 Å². The summed E-state index contributed by atoms with van der Waals surface area (Å²) in [5, 5.41) is 0. The van der Waals surface area contributed by atoms with Crippen molar-refractivity contribution >= 4 is 0 Å². The van der Waals surface area contributed by atoms with E-state index in [0.717, 1.165) is 18.7 Å². The van der Waals surface area contributed by atoms with Crippen molar-refractivity contribution in [3.05, 3.63) is 107 Å². The molecule has 0 fully saturated rings. The summed E-state index contributed by atoms with van der Waals surface area (Å²) in [4.78, 5) is 2.23. The van der Waals surface area contributed by atoms with Crippen molar-refractivity contribution in [1.82, 2.24) is 4.90 Å². The lowest BCUT2D eigenvalue weighted by Crippen LogP contribution is -2.27. The number of hydrogen-bond donors (Lipinski definition) is 0. The number of terminal acetylenes is 1. The third-order valence-electron chi connectivity index (χ3n) is 4.17. The van der Waals surface area contributed by atoms with Gasteiger partial charge in [-0.2, -0.15) is 0 Å². The lowest BCUT2D eigenvalue weighted by Gasteiger charge is -2.29. The molecule has 0 aromatic heterocycles. The third kappa shape index (κ3) is 4.56. The van der Waals surface area contributed by atoms with E-state index in [-0.39, 0.29) is 11.9 Å². The Balaban J connectivity index is 1.90. The van der Waals surface area contributed by atoms with E-state index in [9.17, 15) is 4.39 Å². The second kappa shape index (κ2) is 8.28. The minimum atomic E-state index is -0.253. The lowest BCUT2D eigenvalue weighted by atomic mass is 10.0. The van der Waals surface area contributed by atoms with Crippen molar-refractivity contribution in [3.8, 4) is 12.3 Å². The Bertz CT molecular complexity index is 778. The predicted octanol–water partition coefficient (Wildman–Crippen LogP) is 5.20. The molecule has 0 radical (unpaired) electrons. The number of nitrogens with zero attached hydrogens (tertiary/aromatic N) is 1. The highest BCUT2D eigenvalue weighted by Crippen LogP contribution is 2.25. The molecule has 0 heterocycles. The molecule has 2 heteroatoms. The van der Waals surface area contributed by atoms with Gasteiger partial charge in [-0.25, -0.2) is 4.39 Å². The summed E-state index contributed by atoms with van der Waals surface area (Å²) in [6.07, 6.45) is 5.87. The second-order valence-corrected chi connectivity index (χ2v) is 6.00. The van der Waals surface area contributed by atoms with E-state index in [0.29, 0.717) is 0 Å². The number of halogens is 1. The second-order valence-electron chi connectivity index (χ2n) is 6.00. The zero-order chi connectivity index (χ0) is 17.5. The monoisotopic (exact) mass is 329 g/mol. The summed E-state index contributed by atoms with van der Waals surface area (Å²) in [5.74, 6) is 2.63. The number of benzene rings is 3. The lowest BCUT2D eigenvalue weighted by molar-refractivity contribution is 0.219. The summed E-state index contributed by atoms with van der Waals surface area (Å²) in [7, 11) is 0. The molecule has 1 unspecified atom stereocenters. The van der Waals surface area contributed by atoms with Gasteiger partial charge in [0.05, 0.1) is 6.04 Å². The van der Waals surface area contributed by atoms with Crippen LogP contribution < -0.4 is 0 Å². The zero-order valence-corrected chi connectivity index (χ0v) is 14.0. The number of hydrogen-bond acceptors (Lipinski definition) is 1. The van der Waals surface area contributed by atoms with Crippen LogP contribution in [0.5, 0.6) is 0 Å². The van der Waals surface area contributed by atoms with E-state index in [1.165, 1.54) is 23.3 Å². The summed E-state index contributed by atoms with van der Waals surface area (Å²) in [6, 6.07) is 26.7. The van der Waals surface area contributed by atoms with Gasteiger partial charge in [0.1, 0.15) is 5.82 Å². The average molecular weight is 329 g/mol. The quantitative estimate of drug-likeness (QED) is 0.562. The van der Waals surface area contributed by atoms with Gasteiger partial charge in [-0.1, -0.05) is 78.7 Å². The predicted molar refractivity (Wildman–Crippen MR) is 100 cm³/mol. The smallest absolute Gasteiger partial charge is 0.123 e. The van der Waals surface area contributed by atoms with Crippen LogP contribution in [0.4, 0.5) is 4.39 Å². The average Bonchev–Trinajstić information content (AvgIpc) is 2.65. The van der Waals surface area contributed by atoms with Crippen molar-refractivity contribution in [1.29, 1.82) is 0 Å². The van der Waals surface area contributed by atoms with Gasteiger partial charge in [0.2, 0.25) is 0 Å². The molecular weight excluding hydrogens is 309 g/mol. The molecule has 0 saturated heterocycles. The van der Waals surface area contributed by atoms with Crippen LogP contribution in [0, 0.1) is 18.2 Å². The van der Waals surface area contributed by atoms with Crippen LogP contribution in [-0.2, 0) is 13.1 Å². The van der Waals surface area contributed by atoms with Crippen LogP contribution >= 0.6 is 0 Å². The van der Waals surface area contributed by atoms with Gasteiger partial charge in [-0.3, -0.25) is 4.90 Å². The topological polar surface area (TPSA) is 3.24 Å². The molecule has 0 aliphatic heterocycles. The molecule has 25 heavy (non-hydrogen) atoms. The molecule has 0 saturated carbocycles. The Morgan fingerprint density at radius 1 is 0.760 bits per heavy atom. The van der Waals surface area contributed by atoms with E-state index < -0.39 is 0 Å². The van der Waals surface area contributed by atoms with Crippen molar-refractivity contribution in [2.24, 2.45) is 0 Å². The highest BCUT2D eigenvalue weighted by atomic mass is 19.1. The van der Waals surface area contributed by atoms with E-state index in [1.807, 2.05) is 36.4 Å². The molecule has 3 aromatic carbocycles. The van der Waals surface area contributed by atoms with Crippen molar-refractivity contribution < 1.29 is 4.39 Å². The maximum atomic E-state index is 13.3.